The van der Waals surface area contributed by atoms with Crippen LogP contribution in [0.4, 0.5) is 10.5 Å². The zero-order valence-electron chi connectivity index (χ0n) is 12.9. The molecule has 0 saturated heterocycles. The normalized spacial score (nSPS) is 12.5. The van der Waals surface area contributed by atoms with Gasteiger partial charge in [-0.2, -0.15) is 0 Å². The lowest BCUT2D eigenvalue weighted by Gasteiger charge is -2.22. The Labute approximate surface area is 130 Å². The number of carbonyl (C=O) groups excluding carboxylic acids is 2. The van der Waals surface area contributed by atoms with Gasteiger partial charge in [0.25, 0.3) is 0 Å². The smallest absolute Gasteiger partial charge is 0.408 e. The maximum atomic E-state index is 12.1. The van der Waals surface area contributed by atoms with Crippen LogP contribution in [0.5, 0.6) is 0 Å². The standard InChI is InChI=1S/C15H21ClN2O3/c1-9-11(16)7-6-8-12(9)18-13(19)10(2)17-14(20)21-15(3,4)5/h6-8,10H,1-5H3,(H,17,20)(H,18,19)/t10-/m1/s1. The molecule has 0 aliphatic heterocycles. The van der Waals surface area contributed by atoms with Gasteiger partial charge in [0.2, 0.25) is 5.91 Å². The minimum Gasteiger partial charge on any atom is -0.444 e. The number of halogens is 1. The summed E-state index contributed by atoms with van der Waals surface area (Å²) in [6.45, 7) is 8.66. The summed E-state index contributed by atoms with van der Waals surface area (Å²) in [5.74, 6) is -0.341. The molecule has 6 heteroatoms. The maximum absolute atomic E-state index is 12.1. The lowest BCUT2D eigenvalue weighted by Crippen LogP contribution is -2.44. The van der Waals surface area contributed by atoms with Gasteiger partial charge in [-0.15, -0.1) is 0 Å². The SMILES string of the molecule is Cc1c(Cl)cccc1NC(=O)[C@@H](C)NC(=O)OC(C)(C)C. The van der Waals surface area contributed by atoms with Gasteiger partial charge in [0.15, 0.2) is 0 Å². The number of anilines is 1. The van der Waals surface area contributed by atoms with E-state index in [9.17, 15) is 9.59 Å². The van der Waals surface area contributed by atoms with Crippen LogP contribution in [0.2, 0.25) is 5.02 Å². The molecule has 1 aromatic rings. The number of hydrogen-bond donors (Lipinski definition) is 2. The molecule has 21 heavy (non-hydrogen) atoms. The fourth-order valence-corrected chi connectivity index (χ4v) is 1.71. The molecule has 1 aromatic carbocycles. The summed E-state index contributed by atoms with van der Waals surface area (Å²) in [5, 5.41) is 5.78. The zero-order chi connectivity index (χ0) is 16.2. The molecule has 2 N–H and O–H groups in total. The van der Waals surface area contributed by atoms with Gasteiger partial charge in [0.1, 0.15) is 11.6 Å². The first-order valence-corrected chi connectivity index (χ1v) is 7.03. The van der Waals surface area contributed by atoms with Gasteiger partial charge < -0.3 is 15.4 Å². The van der Waals surface area contributed by atoms with Crippen molar-refractivity contribution in [2.45, 2.75) is 46.3 Å². The highest BCUT2D eigenvalue weighted by Gasteiger charge is 2.21. The van der Waals surface area contributed by atoms with Gasteiger partial charge in [-0.3, -0.25) is 4.79 Å². The Hall–Kier alpha value is -1.75. The quantitative estimate of drug-likeness (QED) is 0.897. The minimum absolute atomic E-state index is 0.341. The van der Waals surface area contributed by atoms with Gasteiger partial charge in [0, 0.05) is 10.7 Å². The summed E-state index contributed by atoms with van der Waals surface area (Å²) in [4.78, 5) is 23.7. The summed E-state index contributed by atoms with van der Waals surface area (Å²) in [7, 11) is 0. The Bertz CT molecular complexity index is 538. The summed E-state index contributed by atoms with van der Waals surface area (Å²) < 4.78 is 5.10. The molecule has 0 aliphatic carbocycles. The number of benzene rings is 1. The van der Waals surface area contributed by atoms with Crippen molar-refractivity contribution in [3.63, 3.8) is 0 Å². The first-order valence-electron chi connectivity index (χ1n) is 6.65. The van der Waals surface area contributed by atoms with Crippen molar-refractivity contribution in [1.82, 2.24) is 5.32 Å². The Kier molecular flexibility index (Phi) is 5.61. The monoisotopic (exact) mass is 312 g/mol. The second-order valence-electron chi connectivity index (χ2n) is 5.77. The topological polar surface area (TPSA) is 67.4 Å². The number of carbonyl (C=O) groups is 2. The number of amides is 2. The fourth-order valence-electron chi connectivity index (χ4n) is 1.53. The molecule has 0 fully saturated rings. The molecule has 0 radical (unpaired) electrons. The van der Waals surface area contributed by atoms with E-state index in [2.05, 4.69) is 10.6 Å². The van der Waals surface area contributed by atoms with E-state index < -0.39 is 17.7 Å². The molecule has 1 rings (SSSR count). The van der Waals surface area contributed by atoms with E-state index >= 15 is 0 Å². The van der Waals surface area contributed by atoms with Crippen molar-refractivity contribution in [2.75, 3.05) is 5.32 Å². The van der Waals surface area contributed by atoms with Crippen LogP contribution in [0, 0.1) is 6.92 Å². The van der Waals surface area contributed by atoms with Crippen LogP contribution in [0.25, 0.3) is 0 Å². The molecule has 0 aliphatic rings. The van der Waals surface area contributed by atoms with Crippen molar-refractivity contribution in [2.24, 2.45) is 0 Å². The molecule has 0 unspecified atom stereocenters. The van der Waals surface area contributed by atoms with Crippen LogP contribution in [0.1, 0.15) is 33.3 Å². The van der Waals surface area contributed by atoms with Crippen molar-refractivity contribution < 1.29 is 14.3 Å². The molecule has 0 spiro atoms. The molecule has 0 bridgehead atoms. The number of ether oxygens (including phenoxy) is 1. The van der Waals surface area contributed by atoms with Gasteiger partial charge >= 0.3 is 6.09 Å². The predicted molar refractivity (Wildman–Crippen MR) is 83.7 cm³/mol. The Morgan fingerprint density at radius 2 is 1.90 bits per heavy atom. The van der Waals surface area contributed by atoms with Crippen molar-refractivity contribution >= 4 is 29.3 Å². The Balaban J connectivity index is 2.63. The third-order valence-electron chi connectivity index (χ3n) is 2.65. The second kappa shape index (κ2) is 6.80. The molecule has 0 heterocycles. The van der Waals surface area contributed by atoms with E-state index in [0.717, 1.165) is 5.56 Å². The van der Waals surface area contributed by atoms with E-state index in [1.165, 1.54) is 0 Å². The number of rotatable bonds is 3. The fraction of sp³-hybridized carbons (Fsp3) is 0.467. The Morgan fingerprint density at radius 3 is 2.48 bits per heavy atom. The molecule has 116 valence electrons. The highest BCUT2D eigenvalue weighted by molar-refractivity contribution is 6.31. The van der Waals surface area contributed by atoms with Gasteiger partial charge in [-0.05, 0) is 52.3 Å². The van der Waals surface area contributed by atoms with E-state index in [0.29, 0.717) is 10.7 Å². The first kappa shape index (κ1) is 17.3. The van der Waals surface area contributed by atoms with E-state index in [1.807, 2.05) is 6.92 Å². The summed E-state index contributed by atoms with van der Waals surface area (Å²) in [5.41, 5.74) is 0.784. The van der Waals surface area contributed by atoms with Crippen LogP contribution in [-0.2, 0) is 9.53 Å². The average Bonchev–Trinajstić information content (AvgIpc) is 2.32. The van der Waals surface area contributed by atoms with Gasteiger partial charge in [0.05, 0.1) is 0 Å². The zero-order valence-corrected chi connectivity index (χ0v) is 13.7. The molecule has 2 amide bonds. The average molecular weight is 313 g/mol. The number of alkyl carbamates (subject to hydrolysis) is 1. The van der Waals surface area contributed by atoms with Gasteiger partial charge in [-0.1, -0.05) is 17.7 Å². The summed E-state index contributed by atoms with van der Waals surface area (Å²) in [6, 6.07) is 4.52. The Morgan fingerprint density at radius 1 is 1.29 bits per heavy atom. The predicted octanol–water partition coefficient (Wildman–Crippen LogP) is 3.50. The lowest BCUT2D eigenvalue weighted by atomic mass is 10.2. The van der Waals surface area contributed by atoms with Crippen molar-refractivity contribution in [3.05, 3.63) is 28.8 Å². The highest BCUT2D eigenvalue weighted by atomic mass is 35.5. The van der Waals surface area contributed by atoms with E-state index in [1.54, 1.807) is 45.9 Å². The summed E-state index contributed by atoms with van der Waals surface area (Å²) >= 11 is 5.99. The molecule has 5 nitrogen and oxygen atoms in total. The van der Waals surface area contributed by atoms with E-state index in [-0.39, 0.29) is 5.91 Å². The van der Waals surface area contributed by atoms with Crippen LogP contribution in [0.15, 0.2) is 18.2 Å². The molecular weight excluding hydrogens is 292 g/mol. The third-order valence-corrected chi connectivity index (χ3v) is 3.06. The minimum atomic E-state index is -0.724. The van der Waals surface area contributed by atoms with Crippen LogP contribution in [-0.4, -0.2) is 23.6 Å². The van der Waals surface area contributed by atoms with Crippen molar-refractivity contribution in [1.29, 1.82) is 0 Å². The molecule has 1 atom stereocenters. The molecule has 0 saturated carbocycles. The number of hydrogen-bond acceptors (Lipinski definition) is 3. The van der Waals surface area contributed by atoms with Gasteiger partial charge in [-0.25, -0.2) is 4.79 Å². The summed E-state index contributed by atoms with van der Waals surface area (Å²) in [6.07, 6.45) is -0.632. The second-order valence-corrected chi connectivity index (χ2v) is 6.18. The number of nitrogens with one attached hydrogen (secondary N) is 2. The van der Waals surface area contributed by atoms with Crippen molar-refractivity contribution in [3.8, 4) is 0 Å². The highest BCUT2D eigenvalue weighted by Crippen LogP contribution is 2.22. The molecule has 0 aromatic heterocycles. The van der Waals surface area contributed by atoms with Crippen LogP contribution < -0.4 is 10.6 Å². The molecular formula is C15H21ClN2O3. The largest absolute Gasteiger partial charge is 0.444 e. The van der Waals surface area contributed by atoms with Crippen LogP contribution in [0.3, 0.4) is 0 Å². The maximum Gasteiger partial charge on any atom is 0.408 e. The first-order chi connectivity index (χ1) is 9.60. The van der Waals surface area contributed by atoms with Crippen LogP contribution >= 0.6 is 11.6 Å². The lowest BCUT2D eigenvalue weighted by molar-refractivity contribution is -0.117. The third kappa shape index (κ3) is 5.63. The van der Waals surface area contributed by atoms with E-state index in [4.69, 9.17) is 16.3 Å².